The Morgan fingerprint density at radius 1 is 0.694 bits per heavy atom. The SMILES string of the molecule is COC1(C)OC2C(O)[C@@H]3OC(C)(OC)C(C)(OC)OC3C(OC(=O)c3ccccc3)[C@@H]2OC1(C)OC. The Bertz CT molecular complexity index is 897. The van der Waals surface area contributed by atoms with Gasteiger partial charge in [0.2, 0.25) is 23.1 Å². The summed E-state index contributed by atoms with van der Waals surface area (Å²) in [7, 11) is 5.77. The van der Waals surface area contributed by atoms with E-state index in [1.165, 1.54) is 28.4 Å². The minimum absolute atomic E-state index is 0.331. The van der Waals surface area contributed by atoms with Gasteiger partial charge in [0.05, 0.1) is 5.56 Å². The van der Waals surface area contributed by atoms with Gasteiger partial charge in [0.1, 0.15) is 30.5 Å². The van der Waals surface area contributed by atoms with Gasteiger partial charge in [-0.3, -0.25) is 0 Å². The Hall–Kier alpha value is -1.67. The summed E-state index contributed by atoms with van der Waals surface area (Å²) in [5, 5.41) is 11.5. The zero-order valence-corrected chi connectivity index (χ0v) is 21.9. The Morgan fingerprint density at radius 3 is 1.42 bits per heavy atom. The van der Waals surface area contributed by atoms with Gasteiger partial charge in [-0.15, -0.1) is 0 Å². The van der Waals surface area contributed by atoms with Gasteiger partial charge in [-0.05, 0) is 39.8 Å². The Kier molecular flexibility index (Phi) is 7.28. The maximum Gasteiger partial charge on any atom is 0.338 e. The summed E-state index contributed by atoms with van der Waals surface area (Å²) in [5.41, 5.74) is 0.331. The van der Waals surface area contributed by atoms with E-state index < -0.39 is 65.7 Å². The van der Waals surface area contributed by atoms with Gasteiger partial charge in [0.15, 0.2) is 6.10 Å². The van der Waals surface area contributed by atoms with Crippen LogP contribution >= 0.6 is 0 Å². The number of esters is 1. The fourth-order valence-corrected chi connectivity index (χ4v) is 4.98. The first-order valence-electron chi connectivity index (χ1n) is 11.8. The molecule has 0 aromatic heterocycles. The molecule has 0 bridgehead atoms. The zero-order chi connectivity index (χ0) is 26.5. The summed E-state index contributed by atoms with van der Waals surface area (Å²) in [6.07, 6.45) is -6.48. The Labute approximate surface area is 210 Å². The van der Waals surface area contributed by atoms with E-state index in [9.17, 15) is 9.90 Å². The third kappa shape index (κ3) is 4.07. The molecule has 1 N–H and O–H groups in total. The molecule has 1 aliphatic carbocycles. The lowest BCUT2D eigenvalue weighted by Crippen LogP contribution is -2.79. The molecule has 1 saturated carbocycles. The first-order valence-corrected chi connectivity index (χ1v) is 11.8. The van der Waals surface area contributed by atoms with Gasteiger partial charge in [0, 0.05) is 28.4 Å². The third-order valence-corrected chi connectivity index (χ3v) is 7.87. The fraction of sp³-hybridized carbons (Fsp3) is 0.720. The largest absolute Gasteiger partial charge is 0.453 e. The molecular weight excluding hydrogens is 476 g/mol. The molecule has 36 heavy (non-hydrogen) atoms. The Morgan fingerprint density at radius 2 is 1.06 bits per heavy atom. The Balaban J connectivity index is 1.78. The fourth-order valence-electron chi connectivity index (χ4n) is 4.98. The highest BCUT2D eigenvalue weighted by molar-refractivity contribution is 5.89. The van der Waals surface area contributed by atoms with E-state index >= 15 is 0 Å². The quantitative estimate of drug-likeness (QED) is 0.560. The van der Waals surface area contributed by atoms with Gasteiger partial charge in [-0.1, -0.05) is 18.2 Å². The summed E-state index contributed by atoms with van der Waals surface area (Å²) in [5.74, 6) is -6.28. The lowest BCUT2D eigenvalue weighted by molar-refractivity contribution is -0.503. The van der Waals surface area contributed by atoms with Crippen molar-refractivity contribution in [2.24, 2.45) is 0 Å². The van der Waals surface area contributed by atoms with Gasteiger partial charge >= 0.3 is 5.97 Å². The van der Waals surface area contributed by atoms with E-state index in [2.05, 4.69) is 0 Å². The number of carbonyl (C=O) groups is 1. The van der Waals surface area contributed by atoms with E-state index in [4.69, 9.17) is 42.6 Å². The molecule has 0 radical (unpaired) electrons. The van der Waals surface area contributed by atoms with Crippen LogP contribution in [-0.2, 0) is 42.6 Å². The molecule has 2 saturated heterocycles. The predicted octanol–water partition coefficient (Wildman–Crippen LogP) is 1.60. The number of hydrogen-bond acceptors (Lipinski definition) is 11. The predicted molar refractivity (Wildman–Crippen MR) is 123 cm³/mol. The molecule has 3 aliphatic rings. The number of methoxy groups -OCH3 is 4. The van der Waals surface area contributed by atoms with Crippen molar-refractivity contribution in [1.82, 2.24) is 0 Å². The number of fused-ring (bicyclic) bond motifs is 2. The number of aliphatic hydroxyl groups excluding tert-OH is 1. The summed E-state index contributed by atoms with van der Waals surface area (Å²) < 4.78 is 53.8. The summed E-state index contributed by atoms with van der Waals surface area (Å²) >= 11 is 0. The minimum atomic E-state index is -1.42. The van der Waals surface area contributed by atoms with Crippen LogP contribution in [0.15, 0.2) is 30.3 Å². The molecule has 0 spiro atoms. The van der Waals surface area contributed by atoms with Crippen LogP contribution in [0.1, 0.15) is 38.1 Å². The molecule has 2 heterocycles. The zero-order valence-electron chi connectivity index (χ0n) is 21.9. The first-order chi connectivity index (χ1) is 16.9. The van der Waals surface area contributed by atoms with Crippen LogP contribution in [0.25, 0.3) is 0 Å². The van der Waals surface area contributed by atoms with Crippen LogP contribution in [0.5, 0.6) is 0 Å². The standard InChI is InChI=1S/C25H36O11/c1-22(28-5)24(3,30-7)35-19-16(33-22)15(26)17-20(36-25(4,31-8)23(2,29-6)34-17)18(19)32-21(27)14-12-10-9-11-13-14/h9-13,15-20,26H,1-8H3/t15?,16-,17?,18?,19?,20+,22?,23?,24?,25?/m0/s1. The molecule has 4 rings (SSSR count). The van der Waals surface area contributed by atoms with E-state index in [1.807, 2.05) is 0 Å². The third-order valence-electron chi connectivity index (χ3n) is 7.87. The van der Waals surface area contributed by atoms with Gasteiger partial charge < -0.3 is 47.7 Å². The van der Waals surface area contributed by atoms with Gasteiger partial charge in [0.25, 0.3) is 0 Å². The van der Waals surface area contributed by atoms with Crippen molar-refractivity contribution >= 4 is 5.97 Å². The van der Waals surface area contributed by atoms with E-state index in [-0.39, 0.29) is 0 Å². The molecule has 10 atom stereocenters. The van der Waals surface area contributed by atoms with Crippen LogP contribution in [0, 0.1) is 0 Å². The number of aliphatic hydroxyl groups is 1. The average molecular weight is 513 g/mol. The molecule has 3 fully saturated rings. The van der Waals surface area contributed by atoms with Crippen LogP contribution in [-0.4, -0.2) is 99.3 Å². The molecular formula is C25H36O11. The monoisotopic (exact) mass is 512 g/mol. The smallest absolute Gasteiger partial charge is 0.338 e. The lowest BCUT2D eigenvalue weighted by Gasteiger charge is -2.61. The van der Waals surface area contributed by atoms with Crippen LogP contribution < -0.4 is 0 Å². The summed E-state index contributed by atoms with van der Waals surface area (Å²) in [6.45, 7) is 6.55. The summed E-state index contributed by atoms with van der Waals surface area (Å²) in [6, 6.07) is 8.51. The van der Waals surface area contributed by atoms with E-state index in [0.717, 1.165) is 0 Å². The van der Waals surface area contributed by atoms with Crippen LogP contribution in [0.3, 0.4) is 0 Å². The second kappa shape index (κ2) is 9.57. The molecule has 1 aromatic carbocycles. The molecule has 0 amide bonds. The lowest BCUT2D eigenvalue weighted by atomic mass is 9.81. The molecule has 202 valence electrons. The van der Waals surface area contributed by atoms with Crippen molar-refractivity contribution in [3.05, 3.63) is 35.9 Å². The van der Waals surface area contributed by atoms with Gasteiger partial charge in [-0.25, -0.2) is 4.79 Å². The highest BCUT2D eigenvalue weighted by Crippen LogP contribution is 2.49. The minimum Gasteiger partial charge on any atom is -0.453 e. The normalized spacial score (nSPS) is 46.5. The first kappa shape index (κ1) is 27.4. The topological polar surface area (TPSA) is 120 Å². The van der Waals surface area contributed by atoms with Crippen molar-refractivity contribution in [3.8, 4) is 0 Å². The molecule has 11 heteroatoms. The van der Waals surface area contributed by atoms with Crippen LogP contribution in [0.4, 0.5) is 0 Å². The molecule has 1 aromatic rings. The summed E-state index contributed by atoms with van der Waals surface area (Å²) in [4.78, 5) is 13.2. The van der Waals surface area contributed by atoms with Crippen molar-refractivity contribution in [2.45, 2.75) is 87.5 Å². The highest BCUT2D eigenvalue weighted by atomic mass is 16.8. The number of rotatable bonds is 6. The van der Waals surface area contributed by atoms with Crippen molar-refractivity contribution < 1.29 is 52.5 Å². The highest BCUT2D eigenvalue weighted by Gasteiger charge is 2.69. The second-order valence-electron chi connectivity index (χ2n) is 9.66. The number of ether oxygens (including phenoxy) is 9. The molecule has 8 unspecified atom stereocenters. The number of carbonyl (C=O) groups excluding carboxylic acids is 1. The van der Waals surface area contributed by atoms with E-state index in [1.54, 1.807) is 58.0 Å². The van der Waals surface area contributed by atoms with Crippen molar-refractivity contribution in [1.29, 1.82) is 0 Å². The number of hydrogen-bond donors (Lipinski definition) is 1. The maximum atomic E-state index is 13.2. The maximum absolute atomic E-state index is 13.2. The van der Waals surface area contributed by atoms with Gasteiger partial charge in [-0.2, -0.15) is 0 Å². The van der Waals surface area contributed by atoms with Crippen molar-refractivity contribution in [3.63, 3.8) is 0 Å². The molecule has 2 aliphatic heterocycles. The average Bonchev–Trinajstić information content (AvgIpc) is 2.89. The second-order valence-corrected chi connectivity index (χ2v) is 9.66. The number of benzene rings is 1. The van der Waals surface area contributed by atoms with Crippen LogP contribution in [0.2, 0.25) is 0 Å². The van der Waals surface area contributed by atoms with E-state index in [0.29, 0.717) is 5.56 Å². The molecule has 11 nitrogen and oxygen atoms in total. The van der Waals surface area contributed by atoms with Crippen molar-refractivity contribution in [2.75, 3.05) is 28.4 Å².